The Balaban J connectivity index is 2.91. The highest BCUT2D eigenvalue weighted by molar-refractivity contribution is 5.60. The molecular weight excluding hydrogens is 134 g/mol. The zero-order valence-corrected chi connectivity index (χ0v) is 6.80. The summed E-state index contributed by atoms with van der Waals surface area (Å²) in [6.07, 6.45) is 1.07. The predicted molar refractivity (Wildman–Crippen MR) is 49.0 cm³/mol. The molecule has 1 aromatic carbocycles. The second-order valence-corrected chi connectivity index (χ2v) is 2.58. The van der Waals surface area contributed by atoms with Crippen LogP contribution >= 0.6 is 0 Å². The van der Waals surface area contributed by atoms with Crippen LogP contribution in [0.5, 0.6) is 0 Å². The average molecular weight is 147 g/mol. The van der Waals surface area contributed by atoms with Crippen molar-refractivity contribution in [1.82, 2.24) is 0 Å². The van der Waals surface area contributed by atoms with Crippen molar-refractivity contribution < 1.29 is 0 Å². The Morgan fingerprint density at radius 3 is 2.27 bits per heavy atom. The van der Waals surface area contributed by atoms with Gasteiger partial charge in [0, 0.05) is 5.70 Å². The van der Waals surface area contributed by atoms with Gasteiger partial charge in [-0.05, 0) is 17.5 Å². The number of hydrogen-bond acceptors (Lipinski definition) is 1. The van der Waals surface area contributed by atoms with Gasteiger partial charge < -0.3 is 5.73 Å². The molecule has 0 aliphatic rings. The first-order chi connectivity index (χ1) is 5.24. The maximum absolute atomic E-state index is 5.51. The standard InChI is InChI=1S/C10H13N/c1-3-9-4-6-10(7-5-9)8(2)11/h4-7H,2-3,11H2,1H3. The SMILES string of the molecule is C=C(N)c1ccc(CC)cc1. The van der Waals surface area contributed by atoms with Gasteiger partial charge in [-0.2, -0.15) is 0 Å². The Morgan fingerprint density at radius 1 is 1.36 bits per heavy atom. The van der Waals surface area contributed by atoms with Crippen molar-refractivity contribution in [3.05, 3.63) is 42.0 Å². The lowest BCUT2D eigenvalue weighted by Gasteiger charge is -2.00. The molecule has 1 nitrogen and oxygen atoms in total. The smallest absolute Gasteiger partial charge is 0.0314 e. The molecule has 0 aromatic heterocycles. The van der Waals surface area contributed by atoms with Gasteiger partial charge in [0.1, 0.15) is 0 Å². The summed E-state index contributed by atoms with van der Waals surface area (Å²) in [7, 11) is 0. The Bertz CT molecular complexity index is 246. The fourth-order valence-electron chi connectivity index (χ4n) is 0.955. The molecule has 0 spiro atoms. The number of hydrogen-bond donors (Lipinski definition) is 1. The Kier molecular flexibility index (Phi) is 2.32. The fraction of sp³-hybridized carbons (Fsp3) is 0.200. The average Bonchev–Trinajstić information content (AvgIpc) is 2.05. The highest BCUT2D eigenvalue weighted by Crippen LogP contribution is 2.08. The van der Waals surface area contributed by atoms with Crippen LogP contribution in [0.1, 0.15) is 18.1 Å². The first kappa shape index (κ1) is 7.86. The molecule has 0 aliphatic carbocycles. The van der Waals surface area contributed by atoms with Gasteiger partial charge >= 0.3 is 0 Å². The second kappa shape index (κ2) is 3.24. The van der Waals surface area contributed by atoms with Crippen LogP contribution in [-0.2, 0) is 6.42 Å². The molecule has 11 heavy (non-hydrogen) atoms. The Morgan fingerprint density at radius 2 is 1.91 bits per heavy atom. The minimum absolute atomic E-state index is 0.632. The minimum atomic E-state index is 0.632. The van der Waals surface area contributed by atoms with Crippen LogP contribution in [-0.4, -0.2) is 0 Å². The highest BCUT2D eigenvalue weighted by atomic mass is 14.6. The molecule has 0 saturated heterocycles. The third-order valence-electron chi connectivity index (χ3n) is 1.73. The van der Waals surface area contributed by atoms with Gasteiger partial charge in [-0.15, -0.1) is 0 Å². The quantitative estimate of drug-likeness (QED) is 0.681. The van der Waals surface area contributed by atoms with E-state index in [0.29, 0.717) is 5.70 Å². The van der Waals surface area contributed by atoms with Crippen molar-refractivity contribution in [2.75, 3.05) is 0 Å². The summed E-state index contributed by atoms with van der Waals surface area (Å²) in [5, 5.41) is 0. The van der Waals surface area contributed by atoms with Crippen LogP contribution in [0.4, 0.5) is 0 Å². The van der Waals surface area contributed by atoms with Gasteiger partial charge in [0.15, 0.2) is 0 Å². The minimum Gasteiger partial charge on any atom is -0.399 e. The molecule has 1 heteroatoms. The van der Waals surface area contributed by atoms with Crippen LogP contribution < -0.4 is 5.73 Å². The predicted octanol–water partition coefficient (Wildman–Crippen LogP) is 2.18. The summed E-state index contributed by atoms with van der Waals surface area (Å²) in [5.41, 5.74) is 8.49. The van der Waals surface area contributed by atoms with Crippen molar-refractivity contribution in [3.63, 3.8) is 0 Å². The number of aryl methyl sites for hydroxylation is 1. The third-order valence-corrected chi connectivity index (χ3v) is 1.73. The number of rotatable bonds is 2. The summed E-state index contributed by atoms with van der Waals surface area (Å²) in [6, 6.07) is 8.16. The van der Waals surface area contributed by atoms with E-state index >= 15 is 0 Å². The molecular formula is C10H13N. The van der Waals surface area contributed by atoms with E-state index in [1.54, 1.807) is 0 Å². The van der Waals surface area contributed by atoms with E-state index in [0.717, 1.165) is 12.0 Å². The van der Waals surface area contributed by atoms with Crippen molar-refractivity contribution >= 4 is 5.70 Å². The first-order valence-corrected chi connectivity index (χ1v) is 3.77. The molecule has 0 heterocycles. The van der Waals surface area contributed by atoms with E-state index in [4.69, 9.17) is 5.73 Å². The molecule has 0 bridgehead atoms. The monoisotopic (exact) mass is 147 g/mol. The van der Waals surface area contributed by atoms with Crippen molar-refractivity contribution in [2.45, 2.75) is 13.3 Å². The largest absolute Gasteiger partial charge is 0.399 e. The van der Waals surface area contributed by atoms with Gasteiger partial charge in [0.25, 0.3) is 0 Å². The van der Waals surface area contributed by atoms with Crippen molar-refractivity contribution in [3.8, 4) is 0 Å². The van der Waals surface area contributed by atoms with Crippen LogP contribution in [0.25, 0.3) is 5.70 Å². The molecule has 0 fully saturated rings. The zero-order chi connectivity index (χ0) is 8.27. The van der Waals surface area contributed by atoms with Gasteiger partial charge in [0.05, 0.1) is 0 Å². The maximum Gasteiger partial charge on any atom is 0.0314 e. The molecule has 58 valence electrons. The lowest BCUT2D eigenvalue weighted by Crippen LogP contribution is -1.93. The zero-order valence-electron chi connectivity index (χ0n) is 6.80. The topological polar surface area (TPSA) is 26.0 Å². The number of nitrogens with two attached hydrogens (primary N) is 1. The van der Waals surface area contributed by atoms with E-state index in [1.165, 1.54) is 5.56 Å². The van der Waals surface area contributed by atoms with Gasteiger partial charge in [-0.1, -0.05) is 37.8 Å². The van der Waals surface area contributed by atoms with E-state index in [-0.39, 0.29) is 0 Å². The second-order valence-electron chi connectivity index (χ2n) is 2.58. The van der Waals surface area contributed by atoms with Crippen molar-refractivity contribution in [2.24, 2.45) is 5.73 Å². The van der Waals surface area contributed by atoms with E-state index in [2.05, 4.69) is 25.6 Å². The van der Waals surface area contributed by atoms with Gasteiger partial charge in [-0.25, -0.2) is 0 Å². The lowest BCUT2D eigenvalue weighted by atomic mass is 10.1. The molecule has 0 radical (unpaired) electrons. The van der Waals surface area contributed by atoms with Crippen LogP contribution in [0.2, 0.25) is 0 Å². The van der Waals surface area contributed by atoms with E-state index in [1.807, 2.05) is 12.1 Å². The van der Waals surface area contributed by atoms with E-state index in [9.17, 15) is 0 Å². The molecule has 0 saturated carbocycles. The summed E-state index contributed by atoms with van der Waals surface area (Å²) in [4.78, 5) is 0. The highest BCUT2D eigenvalue weighted by Gasteiger charge is 1.92. The maximum atomic E-state index is 5.51. The summed E-state index contributed by atoms with van der Waals surface area (Å²) in [6.45, 7) is 5.79. The first-order valence-electron chi connectivity index (χ1n) is 3.77. The van der Waals surface area contributed by atoms with Crippen LogP contribution in [0.3, 0.4) is 0 Å². The normalized spacial score (nSPS) is 9.55. The number of benzene rings is 1. The van der Waals surface area contributed by atoms with Crippen molar-refractivity contribution in [1.29, 1.82) is 0 Å². The van der Waals surface area contributed by atoms with Crippen LogP contribution in [0, 0.1) is 0 Å². The molecule has 0 unspecified atom stereocenters. The Labute approximate surface area is 67.5 Å². The molecule has 1 rings (SSSR count). The van der Waals surface area contributed by atoms with Crippen LogP contribution in [0.15, 0.2) is 30.8 Å². The summed E-state index contributed by atoms with van der Waals surface area (Å²) >= 11 is 0. The molecule has 0 aliphatic heterocycles. The Hall–Kier alpha value is -1.24. The lowest BCUT2D eigenvalue weighted by molar-refractivity contribution is 1.14. The van der Waals surface area contributed by atoms with E-state index < -0.39 is 0 Å². The molecule has 1 aromatic rings. The summed E-state index contributed by atoms with van der Waals surface area (Å²) < 4.78 is 0. The third kappa shape index (κ3) is 1.84. The molecule has 2 N–H and O–H groups in total. The molecule has 0 atom stereocenters. The molecule has 0 amide bonds. The fourth-order valence-corrected chi connectivity index (χ4v) is 0.955. The van der Waals surface area contributed by atoms with Gasteiger partial charge in [-0.3, -0.25) is 0 Å². The van der Waals surface area contributed by atoms with Gasteiger partial charge in [0.2, 0.25) is 0 Å². The summed E-state index contributed by atoms with van der Waals surface area (Å²) in [5.74, 6) is 0.